The highest BCUT2D eigenvalue weighted by Crippen LogP contribution is 2.38. The van der Waals surface area contributed by atoms with Gasteiger partial charge >= 0.3 is 10.1 Å². The second kappa shape index (κ2) is 5.24. The first-order chi connectivity index (χ1) is 8.00. The summed E-state index contributed by atoms with van der Waals surface area (Å²) < 4.78 is 42.9. The van der Waals surface area contributed by atoms with Gasteiger partial charge in [-0.05, 0) is 0 Å². The molecule has 0 aliphatic heterocycles. The van der Waals surface area contributed by atoms with E-state index >= 15 is 0 Å². The topological polar surface area (TPSA) is 71.1 Å². The predicted octanol–water partition coefficient (Wildman–Crippen LogP) is 1.05. The van der Waals surface area contributed by atoms with Crippen molar-refractivity contribution in [2.75, 3.05) is 28.4 Å². The van der Waals surface area contributed by atoms with Gasteiger partial charge in [-0.3, -0.25) is 4.18 Å². The van der Waals surface area contributed by atoms with E-state index < -0.39 is 10.1 Å². The lowest BCUT2D eigenvalue weighted by atomic mass is 10.3. The first kappa shape index (κ1) is 13.6. The van der Waals surface area contributed by atoms with Crippen molar-refractivity contribution in [1.82, 2.24) is 0 Å². The third-order valence-corrected chi connectivity index (χ3v) is 3.48. The van der Waals surface area contributed by atoms with E-state index in [4.69, 9.17) is 14.2 Å². The quantitative estimate of drug-likeness (QED) is 0.739. The van der Waals surface area contributed by atoms with Crippen LogP contribution < -0.4 is 14.2 Å². The summed E-state index contributed by atoms with van der Waals surface area (Å²) in [5, 5.41) is 0. The second-order valence-corrected chi connectivity index (χ2v) is 4.63. The number of ether oxygens (including phenoxy) is 3. The van der Waals surface area contributed by atoms with Crippen LogP contribution in [0.1, 0.15) is 0 Å². The Kier molecular flexibility index (Phi) is 4.19. The Balaban J connectivity index is 3.57. The number of methoxy groups -OCH3 is 3. The minimum Gasteiger partial charge on any atom is -0.496 e. The van der Waals surface area contributed by atoms with Gasteiger partial charge in [0, 0.05) is 12.1 Å². The van der Waals surface area contributed by atoms with Crippen molar-refractivity contribution in [2.45, 2.75) is 4.90 Å². The highest BCUT2D eigenvalue weighted by atomic mass is 32.2. The maximum atomic E-state index is 11.7. The number of hydrogen-bond donors (Lipinski definition) is 0. The van der Waals surface area contributed by atoms with Gasteiger partial charge in [0.25, 0.3) is 0 Å². The van der Waals surface area contributed by atoms with Gasteiger partial charge in [-0.1, -0.05) is 0 Å². The van der Waals surface area contributed by atoms with Gasteiger partial charge in [0.05, 0.1) is 28.4 Å². The molecule has 0 fully saturated rings. The first-order valence-electron chi connectivity index (χ1n) is 4.60. The molecule has 0 heterocycles. The van der Waals surface area contributed by atoms with E-state index in [0.717, 1.165) is 7.11 Å². The summed E-state index contributed by atoms with van der Waals surface area (Å²) in [4.78, 5) is -0.161. The molecule has 7 heteroatoms. The molecule has 0 aromatic heterocycles. The molecule has 0 atom stereocenters. The minimum absolute atomic E-state index is 0.100. The van der Waals surface area contributed by atoms with E-state index in [0.29, 0.717) is 5.75 Å². The summed E-state index contributed by atoms with van der Waals surface area (Å²) in [5.74, 6) is 0.625. The Morgan fingerprint density at radius 2 is 1.35 bits per heavy atom. The molecule has 0 aliphatic carbocycles. The van der Waals surface area contributed by atoms with Crippen molar-refractivity contribution in [3.63, 3.8) is 0 Å². The Morgan fingerprint density at radius 1 is 0.882 bits per heavy atom. The van der Waals surface area contributed by atoms with Crippen LogP contribution in [0, 0.1) is 0 Å². The van der Waals surface area contributed by atoms with Crippen LogP contribution in [-0.2, 0) is 14.3 Å². The van der Waals surface area contributed by atoms with Crippen molar-refractivity contribution >= 4 is 10.1 Å². The molecule has 0 radical (unpaired) electrons. The Morgan fingerprint density at radius 3 is 1.65 bits per heavy atom. The highest BCUT2D eigenvalue weighted by molar-refractivity contribution is 7.87. The van der Waals surface area contributed by atoms with Crippen LogP contribution in [0.25, 0.3) is 0 Å². The molecule has 0 bridgehead atoms. The van der Waals surface area contributed by atoms with Crippen molar-refractivity contribution < 1.29 is 26.8 Å². The Bertz CT molecular complexity index is 469. The van der Waals surface area contributed by atoms with Crippen LogP contribution in [0.15, 0.2) is 17.0 Å². The zero-order valence-electron chi connectivity index (χ0n) is 10.0. The molecule has 1 aromatic rings. The fourth-order valence-electron chi connectivity index (χ4n) is 1.30. The average Bonchev–Trinajstić information content (AvgIpc) is 2.36. The van der Waals surface area contributed by atoms with Crippen LogP contribution in [-0.4, -0.2) is 36.9 Å². The lowest BCUT2D eigenvalue weighted by Gasteiger charge is -2.13. The molecule has 0 spiro atoms. The lowest BCUT2D eigenvalue weighted by Crippen LogP contribution is -2.07. The molecule has 1 aromatic carbocycles. The molecular formula is C10H14O6S. The molecule has 0 aliphatic rings. The number of rotatable bonds is 5. The summed E-state index contributed by atoms with van der Waals surface area (Å²) in [6.07, 6.45) is 0. The molecule has 0 unspecified atom stereocenters. The molecule has 0 amide bonds. The standard InChI is InChI=1S/C10H14O6S/c1-13-7-5-8(14-2)10(9(6-7)15-3)17(11,12)16-4/h5-6H,1-4H3. The Hall–Kier alpha value is -1.47. The lowest BCUT2D eigenvalue weighted by molar-refractivity contribution is 0.346. The molecule has 1 rings (SSSR count). The van der Waals surface area contributed by atoms with E-state index in [1.165, 1.54) is 33.5 Å². The number of hydrogen-bond acceptors (Lipinski definition) is 6. The van der Waals surface area contributed by atoms with E-state index in [-0.39, 0.29) is 16.4 Å². The van der Waals surface area contributed by atoms with Crippen molar-refractivity contribution in [3.8, 4) is 17.2 Å². The third kappa shape index (κ3) is 2.62. The third-order valence-electron chi connectivity index (χ3n) is 2.14. The monoisotopic (exact) mass is 262 g/mol. The van der Waals surface area contributed by atoms with E-state index in [1.807, 2.05) is 0 Å². The molecule has 96 valence electrons. The molecule has 0 saturated heterocycles. The second-order valence-electron chi connectivity index (χ2n) is 2.98. The molecule has 17 heavy (non-hydrogen) atoms. The average molecular weight is 262 g/mol. The SMILES string of the molecule is COc1cc(OC)c(S(=O)(=O)OC)c(OC)c1. The molecule has 6 nitrogen and oxygen atoms in total. The van der Waals surface area contributed by atoms with Gasteiger partial charge < -0.3 is 14.2 Å². The summed E-state index contributed by atoms with van der Waals surface area (Å²) >= 11 is 0. The zero-order chi connectivity index (χ0) is 13.1. The zero-order valence-corrected chi connectivity index (χ0v) is 10.8. The van der Waals surface area contributed by atoms with E-state index in [1.54, 1.807) is 0 Å². The maximum absolute atomic E-state index is 11.7. The summed E-state index contributed by atoms with van der Waals surface area (Å²) in [5.41, 5.74) is 0. The van der Waals surface area contributed by atoms with Crippen LogP contribution in [0.5, 0.6) is 17.2 Å². The van der Waals surface area contributed by atoms with Crippen LogP contribution in [0.3, 0.4) is 0 Å². The van der Waals surface area contributed by atoms with Gasteiger partial charge in [-0.2, -0.15) is 8.42 Å². The van der Waals surface area contributed by atoms with Gasteiger partial charge in [0.15, 0.2) is 4.90 Å². The van der Waals surface area contributed by atoms with E-state index in [9.17, 15) is 8.42 Å². The van der Waals surface area contributed by atoms with E-state index in [2.05, 4.69) is 4.18 Å². The molecule has 0 saturated carbocycles. The van der Waals surface area contributed by atoms with Crippen LogP contribution in [0.2, 0.25) is 0 Å². The fourth-order valence-corrected chi connectivity index (χ4v) is 2.25. The first-order valence-corrected chi connectivity index (χ1v) is 6.01. The highest BCUT2D eigenvalue weighted by Gasteiger charge is 2.26. The van der Waals surface area contributed by atoms with Gasteiger partial charge in [-0.25, -0.2) is 0 Å². The maximum Gasteiger partial charge on any atom is 0.304 e. The summed E-state index contributed by atoms with van der Waals surface area (Å²) in [6.45, 7) is 0. The predicted molar refractivity (Wildman–Crippen MR) is 60.3 cm³/mol. The van der Waals surface area contributed by atoms with Crippen molar-refractivity contribution in [1.29, 1.82) is 0 Å². The Labute approximate surface area is 100 Å². The van der Waals surface area contributed by atoms with Crippen LogP contribution in [0.4, 0.5) is 0 Å². The fraction of sp³-hybridized carbons (Fsp3) is 0.400. The summed E-state index contributed by atoms with van der Waals surface area (Å²) in [7, 11) is 1.31. The van der Waals surface area contributed by atoms with Crippen LogP contribution >= 0.6 is 0 Å². The van der Waals surface area contributed by atoms with Gasteiger partial charge in [0.1, 0.15) is 17.2 Å². The van der Waals surface area contributed by atoms with Crippen molar-refractivity contribution in [2.24, 2.45) is 0 Å². The van der Waals surface area contributed by atoms with Crippen molar-refractivity contribution in [3.05, 3.63) is 12.1 Å². The molecule has 0 N–H and O–H groups in total. The van der Waals surface area contributed by atoms with Gasteiger partial charge in [0.2, 0.25) is 0 Å². The minimum atomic E-state index is -3.91. The largest absolute Gasteiger partial charge is 0.496 e. The summed E-state index contributed by atoms with van der Waals surface area (Å²) in [6, 6.07) is 2.88. The number of benzene rings is 1. The molecular weight excluding hydrogens is 248 g/mol. The van der Waals surface area contributed by atoms with Gasteiger partial charge in [-0.15, -0.1) is 0 Å². The normalized spacial score (nSPS) is 11.1. The smallest absolute Gasteiger partial charge is 0.304 e.